The number of nitrogens with one attached hydrogen (secondary N) is 2. The topological polar surface area (TPSA) is 96.9 Å². The summed E-state index contributed by atoms with van der Waals surface area (Å²) >= 11 is 1.46. The fraction of sp³-hybridized carbons (Fsp3) is 0.529. The van der Waals surface area contributed by atoms with Crippen LogP contribution >= 0.6 is 11.8 Å². The van der Waals surface area contributed by atoms with Crippen molar-refractivity contribution in [2.24, 2.45) is 4.99 Å². The minimum Gasteiger partial charge on any atom is -0.382 e. The van der Waals surface area contributed by atoms with Gasteiger partial charge in [-0.25, -0.2) is 8.42 Å². The standard InChI is InChI=1S/C17H23N3O4S2/c1-2-24-8-4-7-18-16(21)12-5-3-6-13(9-12)19-17-20-14-10-26(22,23)11-15(14)25-17/h3,5-6,9,14-15H,2,4,7-8,10-11H2,1H3,(H,18,21)(H,19,20)/t14-,15-/m0/s1. The van der Waals surface area contributed by atoms with E-state index >= 15 is 0 Å². The molecule has 2 aliphatic heterocycles. The Balaban J connectivity index is 1.54. The maximum absolute atomic E-state index is 12.2. The molecule has 0 saturated carbocycles. The van der Waals surface area contributed by atoms with E-state index in [1.165, 1.54) is 11.8 Å². The van der Waals surface area contributed by atoms with Crippen LogP contribution in [0.2, 0.25) is 0 Å². The molecule has 142 valence electrons. The van der Waals surface area contributed by atoms with Crippen LogP contribution in [-0.2, 0) is 14.6 Å². The Hall–Kier alpha value is -1.58. The summed E-state index contributed by atoms with van der Waals surface area (Å²) in [5.41, 5.74) is 1.33. The first-order chi connectivity index (χ1) is 12.5. The number of benzene rings is 1. The number of thioether (sulfide) groups is 1. The van der Waals surface area contributed by atoms with Gasteiger partial charge in [0.25, 0.3) is 5.91 Å². The van der Waals surface area contributed by atoms with Crippen molar-refractivity contribution in [2.75, 3.05) is 36.6 Å². The smallest absolute Gasteiger partial charge is 0.251 e. The van der Waals surface area contributed by atoms with E-state index < -0.39 is 9.84 Å². The average molecular weight is 398 g/mol. The molecule has 7 nitrogen and oxygen atoms in total. The molecule has 1 aromatic rings. The molecule has 2 N–H and O–H groups in total. The van der Waals surface area contributed by atoms with Crippen molar-refractivity contribution in [3.8, 4) is 0 Å². The molecule has 1 amide bonds. The minimum absolute atomic E-state index is 0.000629. The summed E-state index contributed by atoms with van der Waals surface area (Å²) in [4.78, 5) is 16.7. The zero-order valence-electron chi connectivity index (χ0n) is 14.6. The Bertz CT molecular complexity index is 795. The number of amidine groups is 1. The number of ether oxygens (including phenoxy) is 1. The van der Waals surface area contributed by atoms with Gasteiger partial charge in [0, 0.05) is 36.3 Å². The number of amides is 1. The first kappa shape index (κ1) is 19.2. The van der Waals surface area contributed by atoms with Gasteiger partial charge in [0.15, 0.2) is 15.0 Å². The second-order valence-electron chi connectivity index (χ2n) is 6.25. The van der Waals surface area contributed by atoms with Gasteiger partial charge in [0.2, 0.25) is 0 Å². The molecule has 2 aliphatic rings. The number of hydrogen-bond acceptors (Lipinski definition) is 7. The molecule has 0 bridgehead atoms. The molecular weight excluding hydrogens is 374 g/mol. The van der Waals surface area contributed by atoms with Crippen LogP contribution in [0, 0.1) is 0 Å². The Labute approximate surface area is 157 Å². The van der Waals surface area contributed by atoms with Gasteiger partial charge in [-0.05, 0) is 31.5 Å². The lowest BCUT2D eigenvalue weighted by Crippen LogP contribution is -2.25. The highest BCUT2D eigenvalue weighted by Crippen LogP contribution is 2.34. The average Bonchev–Trinajstić information content (AvgIpc) is 3.07. The summed E-state index contributed by atoms with van der Waals surface area (Å²) < 4.78 is 28.5. The second kappa shape index (κ2) is 8.41. The van der Waals surface area contributed by atoms with Gasteiger partial charge in [-0.2, -0.15) is 0 Å². The van der Waals surface area contributed by atoms with Crippen molar-refractivity contribution in [2.45, 2.75) is 24.6 Å². The SMILES string of the molecule is CCOCCCNC(=O)c1cccc(NC2=N[C@H]3CS(=O)(=O)C[C@@H]3S2)c1. The molecule has 0 aromatic heterocycles. The van der Waals surface area contributed by atoms with E-state index in [0.717, 1.165) is 12.1 Å². The summed E-state index contributed by atoms with van der Waals surface area (Å²) in [6.07, 6.45) is 0.774. The van der Waals surface area contributed by atoms with Crippen LogP contribution in [0.1, 0.15) is 23.7 Å². The number of sulfone groups is 1. The van der Waals surface area contributed by atoms with Crippen molar-refractivity contribution < 1.29 is 17.9 Å². The van der Waals surface area contributed by atoms with Gasteiger partial charge in [-0.3, -0.25) is 9.79 Å². The van der Waals surface area contributed by atoms with Crippen LogP contribution in [0.25, 0.3) is 0 Å². The predicted molar refractivity (Wildman–Crippen MR) is 105 cm³/mol. The minimum atomic E-state index is -2.95. The lowest BCUT2D eigenvalue weighted by Gasteiger charge is -2.09. The zero-order chi connectivity index (χ0) is 18.6. The first-order valence-electron chi connectivity index (χ1n) is 8.65. The molecule has 0 radical (unpaired) electrons. The molecule has 1 aromatic carbocycles. The molecule has 3 rings (SSSR count). The highest BCUT2D eigenvalue weighted by Gasteiger charge is 2.42. The van der Waals surface area contributed by atoms with Crippen molar-refractivity contribution in [3.05, 3.63) is 29.8 Å². The van der Waals surface area contributed by atoms with E-state index in [1.807, 2.05) is 19.1 Å². The summed E-state index contributed by atoms with van der Waals surface area (Å²) in [7, 11) is -2.95. The highest BCUT2D eigenvalue weighted by atomic mass is 32.2. The van der Waals surface area contributed by atoms with E-state index in [-0.39, 0.29) is 28.7 Å². The maximum atomic E-state index is 12.2. The third-order valence-electron chi connectivity index (χ3n) is 4.15. The van der Waals surface area contributed by atoms with Crippen molar-refractivity contribution in [3.63, 3.8) is 0 Å². The molecule has 0 spiro atoms. The Morgan fingerprint density at radius 3 is 3.00 bits per heavy atom. The zero-order valence-corrected chi connectivity index (χ0v) is 16.2. The maximum Gasteiger partial charge on any atom is 0.251 e. The summed E-state index contributed by atoms with van der Waals surface area (Å²) in [5, 5.41) is 6.78. The normalized spacial score (nSPS) is 23.3. The summed E-state index contributed by atoms with van der Waals surface area (Å²) in [5.74, 6) is 0.176. The van der Waals surface area contributed by atoms with Gasteiger partial charge in [0.1, 0.15) is 0 Å². The summed E-state index contributed by atoms with van der Waals surface area (Å²) in [6.45, 7) is 3.82. The number of anilines is 1. The van der Waals surface area contributed by atoms with Crippen molar-refractivity contribution in [1.29, 1.82) is 0 Å². The molecule has 9 heteroatoms. The second-order valence-corrected chi connectivity index (χ2v) is 9.63. The largest absolute Gasteiger partial charge is 0.382 e. The number of fused-ring (bicyclic) bond motifs is 1. The number of hydrogen-bond donors (Lipinski definition) is 2. The highest BCUT2D eigenvalue weighted by molar-refractivity contribution is 8.15. The van der Waals surface area contributed by atoms with Crippen molar-refractivity contribution in [1.82, 2.24) is 5.32 Å². The van der Waals surface area contributed by atoms with Crippen LogP contribution in [0.5, 0.6) is 0 Å². The van der Waals surface area contributed by atoms with Crippen LogP contribution < -0.4 is 10.6 Å². The van der Waals surface area contributed by atoms with E-state index in [2.05, 4.69) is 15.6 Å². The van der Waals surface area contributed by atoms with Gasteiger partial charge >= 0.3 is 0 Å². The van der Waals surface area contributed by atoms with E-state index in [4.69, 9.17) is 4.74 Å². The number of nitrogens with zero attached hydrogens (tertiary/aromatic N) is 1. The van der Waals surface area contributed by atoms with Gasteiger partial charge < -0.3 is 15.4 Å². The molecule has 26 heavy (non-hydrogen) atoms. The number of carbonyl (C=O) groups excluding carboxylic acids is 1. The van der Waals surface area contributed by atoms with Gasteiger partial charge in [0.05, 0.1) is 17.5 Å². The fourth-order valence-electron chi connectivity index (χ4n) is 2.90. The monoisotopic (exact) mass is 397 g/mol. The lowest BCUT2D eigenvalue weighted by molar-refractivity contribution is 0.0944. The summed E-state index contributed by atoms with van der Waals surface area (Å²) in [6, 6.07) is 7.03. The molecule has 1 fully saturated rings. The molecule has 0 unspecified atom stereocenters. The Kier molecular flexibility index (Phi) is 6.20. The molecule has 0 aliphatic carbocycles. The van der Waals surface area contributed by atoms with Crippen LogP contribution in [0.15, 0.2) is 29.3 Å². The Morgan fingerprint density at radius 2 is 2.23 bits per heavy atom. The number of aliphatic imine (C=N–C) groups is 1. The quantitative estimate of drug-likeness (QED) is 0.677. The predicted octanol–water partition coefficient (Wildman–Crippen LogP) is 1.52. The molecule has 2 atom stereocenters. The van der Waals surface area contributed by atoms with Crippen LogP contribution in [0.3, 0.4) is 0 Å². The fourth-order valence-corrected chi connectivity index (χ4v) is 6.58. The van der Waals surface area contributed by atoms with E-state index in [0.29, 0.717) is 30.5 Å². The van der Waals surface area contributed by atoms with Gasteiger partial charge in [-0.1, -0.05) is 17.8 Å². The molecule has 1 saturated heterocycles. The van der Waals surface area contributed by atoms with Crippen LogP contribution in [0.4, 0.5) is 5.69 Å². The molecular formula is C17H23N3O4S2. The number of carbonyl (C=O) groups is 1. The van der Waals surface area contributed by atoms with Crippen LogP contribution in [-0.4, -0.2) is 62.0 Å². The van der Waals surface area contributed by atoms with E-state index in [1.54, 1.807) is 12.1 Å². The third-order valence-corrected chi connectivity index (χ3v) is 7.29. The van der Waals surface area contributed by atoms with E-state index in [9.17, 15) is 13.2 Å². The number of rotatable bonds is 7. The lowest BCUT2D eigenvalue weighted by atomic mass is 10.2. The first-order valence-corrected chi connectivity index (χ1v) is 11.3. The Morgan fingerprint density at radius 1 is 1.38 bits per heavy atom. The molecule has 2 heterocycles. The third kappa shape index (κ3) is 4.99. The van der Waals surface area contributed by atoms with Gasteiger partial charge in [-0.15, -0.1) is 0 Å². The van der Waals surface area contributed by atoms with Crippen molar-refractivity contribution >= 4 is 38.4 Å².